The fourth-order valence-corrected chi connectivity index (χ4v) is 1.83. The van der Waals surface area contributed by atoms with Crippen molar-refractivity contribution in [3.63, 3.8) is 0 Å². The monoisotopic (exact) mass is 194 g/mol. The van der Waals surface area contributed by atoms with Crippen LogP contribution in [0.5, 0.6) is 0 Å². The Bertz CT molecular complexity index is 324. The lowest BCUT2D eigenvalue weighted by molar-refractivity contribution is 0.953. The molecule has 1 aliphatic rings. The van der Waals surface area contributed by atoms with E-state index in [1.165, 1.54) is 11.9 Å². The third-order valence-corrected chi connectivity index (χ3v) is 2.51. The summed E-state index contributed by atoms with van der Waals surface area (Å²) < 4.78 is 3.99. The molecule has 2 rings (SSSR count). The van der Waals surface area contributed by atoms with Crippen LogP contribution in [0.2, 0.25) is 0 Å². The van der Waals surface area contributed by atoms with Crippen LogP contribution in [0.25, 0.3) is 0 Å². The molecule has 0 saturated heterocycles. The standard InChI is InChI=1S/C8H10N4S/c9-7-11-13-8(10)12(7)6-4-2-1-3-5-6/h1-5,8H,10H2,(H2,9,11). The van der Waals surface area contributed by atoms with E-state index in [0.29, 0.717) is 5.96 Å². The molecule has 1 unspecified atom stereocenters. The zero-order chi connectivity index (χ0) is 9.26. The topological polar surface area (TPSA) is 67.6 Å². The Morgan fingerprint density at radius 3 is 2.54 bits per heavy atom. The van der Waals surface area contributed by atoms with Crippen molar-refractivity contribution in [2.75, 3.05) is 4.90 Å². The Balaban J connectivity index is 2.31. The minimum atomic E-state index is -0.206. The molecule has 0 fully saturated rings. The first-order valence-corrected chi connectivity index (χ1v) is 4.72. The number of hydrogen-bond acceptors (Lipinski definition) is 5. The summed E-state index contributed by atoms with van der Waals surface area (Å²) in [4.78, 5) is 1.80. The molecule has 1 aliphatic heterocycles. The van der Waals surface area contributed by atoms with Gasteiger partial charge in [0.25, 0.3) is 0 Å². The van der Waals surface area contributed by atoms with Gasteiger partial charge in [0.05, 0.1) is 0 Å². The maximum atomic E-state index is 5.80. The maximum Gasteiger partial charge on any atom is 0.209 e. The van der Waals surface area contributed by atoms with Crippen molar-refractivity contribution in [2.24, 2.45) is 15.9 Å². The Kier molecular flexibility index (Phi) is 2.12. The van der Waals surface area contributed by atoms with Gasteiger partial charge in [-0.25, -0.2) is 0 Å². The number of nitrogens with two attached hydrogens (primary N) is 2. The number of para-hydroxylation sites is 1. The highest BCUT2D eigenvalue weighted by atomic mass is 32.2. The van der Waals surface area contributed by atoms with Crippen molar-refractivity contribution < 1.29 is 0 Å². The van der Waals surface area contributed by atoms with Crippen molar-refractivity contribution in [1.82, 2.24) is 0 Å². The highest BCUT2D eigenvalue weighted by Crippen LogP contribution is 2.26. The normalized spacial score (nSPS) is 21.8. The molecule has 1 aromatic carbocycles. The van der Waals surface area contributed by atoms with Gasteiger partial charge in [0.2, 0.25) is 5.96 Å². The Labute approximate surface area is 80.7 Å². The molecule has 13 heavy (non-hydrogen) atoms. The van der Waals surface area contributed by atoms with Crippen molar-refractivity contribution in [3.8, 4) is 0 Å². The summed E-state index contributed by atoms with van der Waals surface area (Å²) in [5, 5.41) is 0. The van der Waals surface area contributed by atoms with Gasteiger partial charge in [0.15, 0.2) is 5.50 Å². The lowest BCUT2D eigenvalue weighted by Gasteiger charge is -2.21. The van der Waals surface area contributed by atoms with E-state index < -0.39 is 0 Å². The van der Waals surface area contributed by atoms with E-state index in [0.717, 1.165) is 5.69 Å². The molecule has 4 nitrogen and oxygen atoms in total. The van der Waals surface area contributed by atoms with Crippen LogP contribution in [0.15, 0.2) is 34.7 Å². The molecule has 68 valence electrons. The highest BCUT2D eigenvalue weighted by molar-refractivity contribution is 7.99. The third-order valence-electron chi connectivity index (χ3n) is 1.79. The zero-order valence-electron chi connectivity index (χ0n) is 6.92. The summed E-state index contributed by atoms with van der Waals surface area (Å²) in [6.45, 7) is 0. The summed E-state index contributed by atoms with van der Waals surface area (Å²) in [6, 6.07) is 9.74. The molecule has 4 N–H and O–H groups in total. The molecule has 0 aliphatic carbocycles. The SMILES string of the molecule is NC1=NSC(N)N1c1ccccc1. The fourth-order valence-electron chi connectivity index (χ4n) is 1.20. The number of hydrogen-bond donors (Lipinski definition) is 2. The van der Waals surface area contributed by atoms with E-state index in [2.05, 4.69) is 4.40 Å². The number of nitrogens with zero attached hydrogens (tertiary/aromatic N) is 2. The van der Waals surface area contributed by atoms with Crippen molar-refractivity contribution in [3.05, 3.63) is 30.3 Å². The fraction of sp³-hybridized carbons (Fsp3) is 0.125. The molecule has 0 spiro atoms. The average Bonchev–Trinajstić information content (AvgIpc) is 2.48. The van der Waals surface area contributed by atoms with Gasteiger partial charge in [-0.1, -0.05) is 18.2 Å². The zero-order valence-corrected chi connectivity index (χ0v) is 7.74. The molecule has 0 radical (unpaired) electrons. The van der Waals surface area contributed by atoms with Gasteiger partial charge >= 0.3 is 0 Å². The van der Waals surface area contributed by atoms with E-state index in [-0.39, 0.29) is 5.50 Å². The van der Waals surface area contributed by atoms with Gasteiger partial charge in [0.1, 0.15) is 0 Å². The van der Waals surface area contributed by atoms with Crippen LogP contribution in [0.4, 0.5) is 5.69 Å². The quantitative estimate of drug-likeness (QED) is 0.646. The van der Waals surface area contributed by atoms with Crippen LogP contribution in [-0.2, 0) is 0 Å². The second-order valence-corrected chi connectivity index (χ2v) is 3.53. The molecule has 0 amide bonds. The highest BCUT2D eigenvalue weighted by Gasteiger charge is 2.24. The van der Waals surface area contributed by atoms with Crippen LogP contribution in [0.3, 0.4) is 0 Å². The van der Waals surface area contributed by atoms with E-state index in [1.54, 1.807) is 4.90 Å². The smallest absolute Gasteiger partial charge is 0.209 e. The lowest BCUT2D eigenvalue weighted by atomic mass is 10.3. The van der Waals surface area contributed by atoms with Crippen molar-refractivity contribution in [1.29, 1.82) is 0 Å². The Morgan fingerprint density at radius 1 is 1.31 bits per heavy atom. The molecule has 5 heteroatoms. The van der Waals surface area contributed by atoms with Crippen molar-refractivity contribution in [2.45, 2.75) is 5.50 Å². The van der Waals surface area contributed by atoms with Crippen LogP contribution in [0, 0.1) is 0 Å². The number of anilines is 1. The Hall–Kier alpha value is -1.20. The van der Waals surface area contributed by atoms with Crippen LogP contribution < -0.4 is 16.4 Å². The van der Waals surface area contributed by atoms with Gasteiger partial charge in [-0.2, -0.15) is 4.40 Å². The second kappa shape index (κ2) is 3.27. The molecule has 0 saturated carbocycles. The number of benzene rings is 1. The number of guanidine groups is 1. The van der Waals surface area contributed by atoms with E-state index in [4.69, 9.17) is 11.5 Å². The molecule has 1 heterocycles. The lowest BCUT2D eigenvalue weighted by Crippen LogP contribution is -2.43. The third kappa shape index (κ3) is 1.48. The van der Waals surface area contributed by atoms with Crippen molar-refractivity contribution >= 4 is 23.6 Å². The molecule has 0 aromatic heterocycles. The summed E-state index contributed by atoms with van der Waals surface area (Å²) in [6.07, 6.45) is 0. The van der Waals surface area contributed by atoms with Crippen LogP contribution in [0.1, 0.15) is 0 Å². The molecular weight excluding hydrogens is 184 g/mol. The Morgan fingerprint density at radius 2 is 2.00 bits per heavy atom. The van der Waals surface area contributed by atoms with Crippen LogP contribution in [-0.4, -0.2) is 11.5 Å². The van der Waals surface area contributed by atoms with Crippen LogP contribution >= 0.6 is 11.9 Å². The average molecular weight is 194 g/mol. The minimum absolute atomic E-state index is 0.206. The van der Waals surface area contributed by atoms with Gasteiger partial charge in [-0.3, -0.25) is 4.90 Å². The second-order valence-electron chi connectivity index (χ2n) is 2.65. The van der Waals surface area contributed by atoms with Gasteiger partial charge in [-0.15, -0.1) is 0 Å². The number of rotatable bonds is 1. The van der Waals surface area contributed by atoms with Gasteiger partial charge < -0.3 is 11.5 Å². The summed E-state index contributed by atoms with van der Waals surface area (Å²) in [5.41, 5.74) is 12.2. The molecule has 1 aromatic rings. The summed E-state index contributed by atoms with van der Waals surface area (Å²) in [7, 11) is 0. The first kappa shape index (κ1) is 8.40. The maximum absolute atomic E-state index is 5.80. The van der Waals surface area contributed by atoms with E-state index >= 15 is 0 Å². The largest absolute Gasteiger partial charge is 0.369 e. The van der Waals surface area contributed by atoms with Gasteiger partial charge in [-0.05, 0) is 12.1 Å². The first-order valence-electron chi connectivity index (χ1n) is 3.88. The van der Waals surface area contributed by atoms with E-state index in [9.17, 15) is 0 Å². The molecule has 0 bridgehead atoms. The van der Waals surface area contributed by atoms with E-state index in [1.807, 2.05) is 30.3 Å². The summed E-state index contributed by atoms with van der Waals surface area (Å²) in [5.74, 6) is 0.462. The predicted octanol–water partition coefficient (Wildman–Crippen LogP) is 0.712. The minimum Gasteiger partial charge on any atom is -0.369 e. The molecular formula is C8H10N4S. The molecule has 1 atom stereocenters. The predicted molar refractivity (Wildman–Crippen MR) is 56.1 cm³/mol. The first-order chi connectivity index (χ1) is 6.29. The summed E-state index contributed by atoms with van der Waals surface area (Å²) >= 11 is 1.27. The van der Waals surface area contributed by atoms with Gasteiger partial charge in [0, 0.05) is 17.6 Å².